The van der Waals surface area contributed by atoms with Gasteiger partial charge in [-0.3, -0.25) is 10.1 Å². The molecule has 1 atom stereocenters. The van der Waals surface area contributed by atoms with Crippen LogP contribution in [0.4, 0.5) is 15.8 Å². The summed E-state index contributed by atoms with van der Waals surface area (Å²) in [4.78, 5) is 22.9. The summed E-state index contributed by atoms with van der Waals surface area (Å²) in [6.45, 7) is 1.49. The highest BCUT2D eigenvalue weighted by Crippen LogP contribution is 2.34. The summed E-state index contributed by atoms with van der Waals surface area (Å²) in [6.07, 6.45) is 0.771. The van der Waals surface area contributed by atoms with Gasteiger partial charge in [0.2, 0.25) is 0 Å². The number of nitro benzene ring substituents is 1. The molecule has 1 heterocycles. The molecule has 20 heavy (non-hydrogen) atoms. The summed E-state index contributed by atoms with van der Waals surface area (Å²) in [5.74, 6) is -2.36. The fourth-order valence-corrected chi connectivity index (χ4v) is 2.36. The second kappa shape index (κ2) is 5.41. The van der Waals surface area contributed by atoms with E-state index in [4.69, 9.17) is 10.8 Å². The van der Waals surface area contributed by atoms with Gasteiger partial charge in [-0.1, -0.05) is 0 Å². The Morgan fingerprint density at radius 1 is 1.60 bits per heavy atom. The maximum atomic E-state index is 13.5. The van der Waals surface area contributed by atoms with Gasteiger partial charge in [-0.15, -0.1) is 0 Å². The molecule has 7 nitrogen and oxygen atoms in total. The minimum absolute atomic E-state index is 0.129. The molecule has 0 amide bonds. The number of hydrogen-bond donors (Lipinski definition) is 2. The third-order valence-electron chi connectivity index (χ3n) is 3.45. The van der Waals surface area contributed by atoms with Crippen LogP contribution in [0.3, 0.4) is 0 Å². The van der Waals surface area contributed by atoms with Gasteiger partial charge < -0.3 is 15.7 Å². The number of carbonyl (C=O) groups is 1. The number of hydrogen-bond acceptors (Lipinski definition) is 5. The van der Waals surface area contributed by atoms with Crippen molar-refractivity contribution in [3.63, 3.8) is 0 Å². The van der Waals surface area contributed by atoms with Gasteiger partial charge in [-0.05, 0) is 24.9 Å². The van der Waals surface area contributed by atoms with Crippen LogP contribution < -0.4 is 10.6 Å². The lowest BCUT2D eigenvalue weighted by Gasteiger charge is -2.19. The van der Waals surface area contributed by atoms with Crippen molar-refractivity contribution < 1.29 is 19.2 Å². The minimum atomic E-state index is -1.45. The lowest BCUT2D eigenvalue weighted by molar-refractivity contribution is -0.384. The lowest BCUT2D eigenvalue weighted by Crippen LogP contribution is -2.24. The highest BCUT2D eigenvalue weighted by atomic mass is 19.1. The zero-order chi connectivity index (χ0) is 14.9. The maximum absolute atomic E-state index is 13.5. The van der Waals surface area contributed by atoms with E-state index in [0.29, 0.717) is 25.7 Å². The molecule has 1 aliphatic rings. The molecule has 1 unspecified atom stereocenters. The van der Waals surface area contributed by atoms with Gasteiger partial charge in [0.05, 0.1) is 16.6 Å². The third-order valence-corrected chi connectivity index (χ3v) is 3.45. The Bertz CT molecular complexity index is 564. The molecule has 108 valence electrons. The SMILES string of the molecule is NCC1CCN(c2cc(C(=O)O)c(F)cc2[N+](=O)[O-])C1. The van der Waals surface area contributed by atoms with Crippen LogP contribution in [0.15, 0.2) is 12.1 Å². The molecule has 1 fully saturated rings. The van der Waals surface area contributed by atoms with Gasteiger partial charge in [0, 0.05) is 13.1 Å². The zero-order valence-electron chi connectivity index (χ0n) is 10.6. The van der Waals surface area contributed by atoms with Gasteiger partial charge in [-0.25, -0.2) is 9.18 Å². The molecule has 8 heteroatoms. The Balaban J connectivity index is 2.46. The highest BCUT2D eigenvalue weighted by molar-refractivity contribution is 5.90. The van der Waals surface area contributed by atoms with Crippen molar-refractivity contribution in [3.05, 3.63) is 33.6 Å². The largest absolute Gasteiger partial charge is 0.478 e. The van der Waals surface area contributed by atoms with Crippen molar-refractivity contribution in [3.8, 4) is 0 Å². The number of aromatic carboxylic acids is 1. The van der Waals surface area contributed by atoms with E-state index < -0.39 is 28.0 Å². The van der Waals surface area contributed by atoms with Gasteiger partial charge in [-0.2, -0.15) is 0 Å². The van der Waals surface area contributed by atoms with E-state index in [9.17, 15) is 19.3 Å². The van der Waals surface area contributed by atoms with E-state index in [1.807, 2.05) is 0 Å². The fraction of sp³-hybridized carbons (Fsp3) is 0.417. The van der Waals surface area contributed by atoms with E-state index >= 15 is 0 Å². The molecule has 2 rings (SSSR count). The first-order valence-electron chi connectivity index (χ1n) is 6.10. The molecule has 1 aromatic carbocycles. The Morgan fingerprint density at radius 2 is 2.30 bits per heavy atom. The lowest BCUT2D eigenvalue weighted by atomic mass is 10.1. The van der Waals surface area contributed by atoms with Gasteiger partial charge in [0.1, 0.15) is 11.5 Å². The summed E-state index contributed by atoms with van der Waals surface area (Å²) in [5.41, 5.74) is 4.70. The van der Waals surface area contributed by atoms with E-state index in [0.717, 1.165) is 12.5 Å². The number of carboxylic acids is 1. The first-order chi connectivity index (χ1) is 9.43. The van der Waals surface area contributed by atoms with E-state index in [1.54, 1.807) is 4.90 Å². The monoisotopic (exact) mass is 283 g/mol. The van der Waals surface area contributed by atoms with E-state index in [2.05, 4.69) is 0 Å². The number of nitro groups is 1. The minimum Gasteiger partial charge on any atom is -0.478 e. The van der Waals surface area contributed by atoms with Crippen molar-refractivity contribution in [2.24, 2.45) is 11.7 Å². The van der Waals surface area contributed by atoms with Crippen LogP contribution in [0.5, 0.6) is 0 Å². The Hall–Kier alpha value is -2.22. The third kappa shape index (κ3) is 2.55. The van der Waals surface area contributed by atoms with Crippen molar-refractivity contribution in [1.82, 2.24) is 0 Å². The van der Waals surface area contributed by atoms with Gasteiger partial charge in [0.25, 0.3) is 5.69 Å². The second-order valence-electron chi connectivity index (χ2n) is 4.72. The number of halogens is 1. The van der Waals surface area contributed by atoms with Crippen LogP contribution in [0.2, 0.25) is 0 Å². The standard InChI is InChI=1S/C12H14FN3O4/c13-9-4-11(16(19)20)10(3-8(9)12(17)18)15-2-1-7(5-14)6-15/h3-4,7H,1-2,5-6,14H2,(H,17,18). The second-order valence-corrected chi connectivity index (χ2v) is 4.72. The predicted molar refractivity (Wildman–Crippen MR) is 69.4 cm³/mol. The normalized spacial score (nSPS) is 18.3. The fourth-order valence-electron chi connectivity index (χ4n) is 2.36. The van der Waals surface area contributed by atoms with E-state index in [1.165, 1.54) is 0 Å². The van der Waals surface area contributed by atoms with Crippen LogP contribution >= 0.6 is 0 Å². The first-order valence-corrected chi connectivity index (χ1v) is 6.10. The Kier molecular flexibility index (Phi) is 3.84. The molecule has 0 spiro atoms. The number of nitrogens with two attached hydrogens (primary N) is 1. The van der Waals surface area contributed by atoms with Crippen LogP contribution in [0.1, 0.15) is 16.8 Å². The maximum Gasteiger partial charge on any atom is 0.338 e. The summed E-state index contributed by atoms with van der Waals surface area (Å²) in [6, 6.07) is 1.68. The predicted octanol–water partition coefficient (Wildman–Crippen LogP) is 1.22. The van der Waals surface area contributed by atoms with Crippen molar-refractivity contribution in [2.45, 2.75) is 6.42 Å². The number of benzene rings is 1. The summed E-state index contributed by atoms with van der Waals surface area (Å²) in [7, 11) is 0. The molecule has 0 aromatic heterocycles. The molecule has 1 saturated heterocycles. The average Bonchev–Trinajstić information content (AvgIpc) is 2.86. The summed E-state index contributed by atoms with van der Waals surface area (Å²) >= 11 is 0. The highest BCUT2D eigenvalue weighted by Gasteiger charge is 2.29. The summed E-state index contributed by atoms with van der Waals surface area (Å²) < 4.78 is 13.5. The van der Waals surface area contributed by atoms with Crippen LogP contribution in [-0.2, 0) is 0 Å². The smallest absolute Gasteiger partial charge is 0.338 e. The quantitative estimate of drug-likeness (QED) is 0.635. The molecular weight excluding hydrogens is 269 g/mol. The molecule has 0 bridgehead atoms. The molecule has 3 N–H and O–H groups in total. The number of nitrogens with zero attached hydrogens (tertiary/aromatic N) is 2. The van der Waals surface area contributed by atoms with Gasteiger partial charge in [0.15, 0.2) is 0 Å². The number of anilines is 1. The van der Waals surface area contributed by atoms with Crippen LogP contribution in [0.25, 0.3) is 0 Å². The van der Waals surface area contributed by atoms with Crippen LogP contribution in [0, 0.1) is 21.8 Å². The number of carboxylic acid groups (broad SMARTS) is 1. The molecule has 0 radical (unpaired) electrons. The van der Waals surface area contributed by atoms with Crippen molar-refractivity contribution >= 4 is 17.3 Å². The number of rotatable bonds is 4. The molecule has 0 aliphatic carbocycles. The first kappa shape index (κ1) is 14.2. The molecule has 1 aliphatic heterocycles. The van der Waals surface area contributed by atoms with Crippen molar-refractivity contribution in [2.75, 3.05) is 24.5 Å². The van der Waals surface area contributed by atoms with Crippen molar-refractivity contribution in [1.29, 1.82) is 0 Å². The van der Waals surface area contributed by atoms with Gasteiger partial charge >= 0.3 is 5.97 Å². The molecule has 1 aromatic rings. The van der Waals surface area contributed by atoms with Crippen LogP contribution in [-0.4, -0.2) is 35.6 Å². The Morgan fingerprint density at radius 3 is 2.80 bits per heavy atom. The Labute approximate surface area is 113 Å². The molecule has 0 saturated carbocycles. The zero-order valence-corrected chi connectivity index (χ0v) is 10.6. The summed E-state index contributed by atoms with van der Waals surface area (Å²) in [5, 5.41) is 19.9. The average molecular weight is 283 g/mol. The molecular formula is C12H14FN3O4. The van der Waals surface area contributed by atoms with E-state index in [-0.39, 0.29) is 11.6 Å². The topological polar surface area (TPSA) is 110 Å².